The quantitative estimate of drug-likeness (QED) is 0.766. The van der Waals surface area contributed by atoms with Crippen LogP contribution >= 0.6 is 15.9 Å². The summed E-state index contributed by atoms with van der Waals surface area (Å²) in [6.07, 6.45) is 3.81. The molecular formula is C18H15BrN6. The maximum absolute atomic E-state index is 9.35. The summed E-state index contributed by atoms with van der Waals surface area (Å²) in [6.45, 7) is 8.79. The van der Waals surface area contributed by atoms with E-state index in [0.717, 1.165) is 40.7 Å². The van der Waals surface area contributed by atoms with E-state index in [1.807, 2.05) is 12.1 Å². The van der Waals surface area contributed by atoms with Crippen molar-refractivity contribution in [3.8, 4) is 6.07 Å². The lowest BCUT2D eigenvalue weighted by molar-refractivity contribution is 0.697. The van der Waals surface area contributed by atoms with Crippen LogP contribution in [-0.2, 0) is 0 Å². The predicted octanol–water partition coefficient (Wildman–Crippen LogP) is 3.30. The van der Waals surface area contributed by atoms with Gasteiger partial charge in [0.1, 0.15) is 11.8 Å². The summed E-state index contributed by atoms with van der Waals surface area (Å²) in [7, 11) is 0. The first-order valence-electron chi connectivity index (χ1n) is 8.14. The number of benzene rings is 1. The number of hydrogen-bond acceptors (Lipinski definition) is 4. The molecule has 0 saturated carbocycles. The SMILES string of the molecule is [C-]#[N+]C1C(C2CCCN2)=Nc2[nH]ncc2C1c1cccc(C#N)c1Br. The zero-order valence-electron chi connectivity index (χ0n) is 13.3. The van der Waals surface area contributed by atoms with E-state index in [9.17, 15) is 5.26 Å². The van der Waals surface area contributed by atoms with Crippen molar-refractivity contribution >= 4 is 27.5 Å². The van der Waals surface area contributed by atoms with Gasteiger partial charge in [-0.05, 0) is 46.9 Å². The maximum Gasteiger partial charge on any atom is 0.274 e. The molecule has 0 bridgehead atoms. The minimum atomic E-state index is -0.411. The van der Waals surface area contributed by atoms with Crippen LogP contribution < -0.4 is 5.32 Å². The van der Waals surface area contributed by atoms with Crippen LogP contribution in [0.4, 0.5) is 5.82 Å². The second-order valence-electron chi connectivity index (χ2n) is 6.23. The molecule has 25 heavy (non-hydrogen) atoms. The van der Waals surface area contributed by atoms with Crippen molar-refractivity contribution in [1.29, 1.82) is 5.26 Å². The lowest BCUT2D eigenvalue weighted by Gasteiger charge is -2.27. The molecule has 1 saturated heterocycles. The van der Waals surface area contributed by atoms with E-state index in [1.54, 1.807) is 12.3 Å². The maximum atomic E-state index is 9.35. The first-order chi connectivity index (χ1) is 12.2. The average molecular weight is 395 g/mol. The molecule has 0 amide bonds. The fourth-order valence-electron chi connectivity index (χ4n) is 3.72. The van der Waals surface area contributed by atoms with Crippen LogP contribution in [0.2, 0.25) is 0 Å². The minimum Gasteiger partial charge on any atom is -0.309 e. The number of aliphatic imine (C=N–C) groups is 1. The van der Waals surface area contributed by atoms with E-state index in [4.69, 9.17) is 11.6 Å². The Morgan fingerprint density at radius 1 is 1.36 bits per heavy atom. The Labute approximate surface area is 153 Å². The fourth-order valence-corrected chi connectivity index (χ4v) is 4.32. The zero-order chi connectivity index (χ0) is 17.4. The van der Waals surface area contributed by atoms with Crippen molar-refractivity contribution in [1.82, 2.24) is 15.5 Å². The summed E-state index contributed by atoms with van der Waals surface area (Å²) < 4.78 is 0.740. The van der Waals surface area contributed by atoms with Gasteiger partial charge in [-0.15, -0.1) is 0 Å². The molecule has 4 rings (SSSR count). The number of nitriles is 1. The summed E-state index contributed by atoms with van der Waals surface area (Å²) >= 11 is 3.57. The van der Waals surface area contributed by atoms with Gasteiger partial charge in [-0.2, -0.15) is 10.4 Å². The van der Waals surface area contributed by atoms with Gasteiger partial charge in [0.15, 0.2) is 5.82 Å². The Hall–Kier alpha value is -2.48. The second kappa shape index (κ2) is 6.44. The van der Waals surface area contributed by atoms with E-state index in [0.29, 0.717) is 11.4 Å². The highest BCUT2D eigenvalue weighted by Crippen LogP contribution is 2.43. The predicted molar refractivity (Wildman–Crippen MR) is 97.8 cm³/mol. The topological polar surface area (TPSA) is 81.2 Å². The van der Waals surface area contributed by atoms with E-state index in [-0.39, 0.29) is 12.0 Å². The molecule has 2 N–H and O–H groups in total. The van der Waals surface area contributed by atoms with Gasteiger partial charge >= 0.3 is 0 Å². The number of aromatic nitrogens is 2. The molecule has 1 fully saturated rings. The normalized spacial score (nSPS) is 24.9. The molecule has 3 unspecified atom stereocenters. The minimum absolute atomic E-state index is 0.121. The van der Waals surface area contributed by atoms with Gasteiger partial charge in [-0.1, -0.05) is 12.1 Å². The third kappa shape index (κ3) is 2.57. The molecule has 2 aliphatic heterocycles. The van der Waals surface area contributed by atoms with Gasteiger partial charge in [0, 0.05) is 10.0 Å². The van der Waals surface area contributed by atoms with Crippen LogP contribution in [0.5, 0.6) is 0 Å². The number of halogens is 1. The summed E-state index contributed by atoms with van der Waals surface area (Å²) in [5, 5.41) is 19.9. The van der Waals surface area contributed by atoms with Crippen molar-refractivity contribution in [2.24, 2.45) is 4.99 Å². The number of aromatic amines is 1. The molecule has 7 heteroatoms. The lowest BCUT2D eigenvalue weighted by Crippen LogP contribution is -2.41. The van der Waals surface area contributed by atoms with Gasteiger partial charge in [0.25, 0.3) is 6.04 Å². The second-order valence-corrected chi connectivity index (χ2v) is 7.02. The van der Waals surface area contributed by atoms with Gasteiger partial charge in [-0.25, -0.2) is 11.6 Å². The Kier molecular flexibility index (Phi) is 4.12. The van der Waals surface area contributed by atoms with Crippen molar-refractivity contribution in [2.75, 3.05) is 6.54 Å². The molecule has 1 aromatic carbocycles. The smallest absolute Gasteiger partial charge is 0.274 e. The molecule has 6 nitrogen and oxygen atoms in total. The van der Waals surface area contributed by atoms with Gasteiger partial charge in [-0.3, -0.25) is 5.10 Å². The van der Waals surface area contributed by atoms with Crippen molar-refractivity contribution in [2.45, 2.75) is 30.8 Å². The van der Waals surface area contributed by atoms with Gasteiger partial charge in [0.2, 0.25) is 0 Å². The molecule has 124 valence electrons. The number of nitrogens with zero attached hydrogens (tertiary/aromatic N) is 4. The highest BCUT2D eigenvalue weighted by molar-refractivity contribution is 9.10. The molecule has 0 radical (unpaired) electrons. The van der Waals surface area contributed by atoms with Crippen molar-refractivity contribution in [3.05, 3.63) is 57.0 Å². The van der Waals surface area contributed by atoms with Gasteiger partial charge in [0.05, 0.1) is 23.7 Å². The Bertz CT molecular complexity index is 926. The molecule has 0 aliphatic carbocycles. The van der Waals surface area contributed by atoms with Crippen LogP contribution in [0.3, 0.4) is 0 Å². The van der Waals surface area contributed by atoms with E-state index in [2.05, 4.69) is 42.4 Å². The standard InChI is InChI=1S/C18H15BrN6/c1-21-17-14(11-5-2-4-10(8-20)15(11)19)12-9-23-25-18(12)24-16(17)13-6-3-7-22-13/h2,4-5,9,13-14,17,22H,3,6-7H2,(H,23,25). The van der Waals surface area contributed by atoms with Crippen LogP contribution in [0.15, 0.2) is 33.9 Å². The monoisotopic (exact) mass is 394 g/mol. The first-order valence-corrected chi connectivity index (χ1v) is 8.94. The highest BCUT2D eigenvalue weighted by Gasteiger charge is 2.44. The van der Waals surface area contributed by atoms with Gasteiger partial charge < -0.3 is 10.2 Å². The Balaban J connectivity index is 1.89. The van der Waals surface area contributed by atoms with Crippen molar-refractivity contribution in [3.63, 3.8) is 0 Å². The number of H-pyrrole nitrogens is 1. The number of fused-ring (bicyclic) bond motifs is 1. The summed E-state index contributed by atoms with van der Waals surface area (Å²) in [6, 6.07) is 7.51. The molecule has 3 heterocycles. The van der Waals surface area contributed by atoms with Crippen LogP contribution in [0.1, 0.15) is 35.4 Å². The summed E-state index contributed by atoms with van der Waals surface area (Å²) in [5.74, 6) is 0.506. The Morgan fingerprint density at radius 3 is 2.96 bits per heavy atom. The molecule has 3 atom stereocenters. The lowest BCUT2D eigenvalue weighted by atomic mass is 9.80. The number of rotatable bonds is 2. The zero-order valence-corrected chi connectivity index (χ0v) is 14.9. The fraction of sp³-hybridized carbons (Fsp3) is 0.333. The van der Waals surface area contributed by atoms with Crippen molar-refractivity contribution < 1.29 is 0 Å². The highest BCUT2D eigenvalue weighted by atomic mass is 79.9. The Morgan fingerprint density at radius 2 is 2.24 bits per heavy atom. The molecule has 2 aromatic rings. The van der Waals surface area contributed by atoms with Crippen LogP contribution in [0, 0.1) is 17.9 Å². The molecule has 2 aliphatic rings. The number of hydrogen-bond donors (Lipinski definition) is 2. The van der Waals surface area contributed by atoms with Crippen LogP contribution in [-0.4, -0.2) is 34.5 Å². The summed E-state index contributed by atoms with van der Waals surface area (Å²) in [5.41, 5.74) is 3.25. The van der Waals surface area contributed by atoms with E-state index < -0.39 is 6.04 Å². The molecule has 1 aromatic heterocycles. The molecule has 0 spiro atoms. The van der Waals surface area contributed by atoms with E-state index >= 15 is 0 Å². The third-order valence-electron chi connectivity index (χ3n) is 4.88. The van der Waals surface area contributed by atoms with Crippen LogP contribution in [0.25, 0.3) is 4.85 Å². The molecular weight excluding hydrogens is 380 g/mol. The summed E-state index contributed by atoms with van der Waals surface area (Å²) in [4.78, 5) is 8.67. The largest absolute Gasteiger partial charge is 0.309 e. The first kappa shape index (κ1) is 16.0. The number of nitrogens with one attached hydrogen (secondary N) is 2. The third-order valence-corrected chi connectivity index (χ3v) is 5.77. The average Bonchev–Trinajstić information content (AvgIpc) is 3.31. The van der Waals surface area contributed by atoms with E-state index in [1.165, 1.54) is 0 Å².